The molecule has 0 aliphatic heterocycles. The van der Waals surface area contributed by atoms with Gasteiger partial charge in [0.2, 0.25) is 0 Å². The Morgan fingerprint density at radius 3 is 2.67 bits per heavy atom. The molecule has 0 spiro atoms. The molecule has 0 saturated carbocycles. The maximum atomic E-state index is 4.39. The second kappa shape index (κ2) is 8.32. The number of hydrogen-bond acceptors (Lipinski definition) is 3. The SMILES string of the molecule is CCCNC(C)c1ccc(Sc2ccc(Br)cn2)cc1Br. The molecule has 1 heterocycles. The molecule has 0 amide bonds. The lowest BCUT2D eigenvalue weighted by Crippen LogP contribution is -2.19. The third-order valence-electron chi connectivity index (χ3n) is 3.06. The lowest BCUT2D eigenvalue weighted by atomic mass is 10.1. The van der Waals surface area contributed by atoms with E-state index in [1.807, 2.05) is 18.3 Å². The summed E-state index contributed by atoms with van der Waals surface area (Å²) in [4.78, 5) is 5.57. The highest BCUT2D eigenvalue weighted by atomic mass is 79.9. The molecule has 2 nitrogen and oxygen atoms in total. The number of nitrogens with zero attached hydrogens (tertiary/aromatic N) is 1. The molecule has 1 N–H and O–H groups in total. The van der Waals surface area contributed by atoms with Crippen LogP contribution in [0.15, 0.2) is 55.4 Å². The van der Waals surface area contributed by atoms with Gasteiger partial charge in [-0.3, -0.25) is 0 Å². The molecule has 1 aromatic carbocycles. The second-order valence-electron chi connectivity index (χ2n) is 4.78. The standard InChI is InChI=1S/C16H18Br2N2S/c1-3-8-19-11(2)14-6-5-13(9-15(14)18)21-16-7-4-12(17)10-20-16/h4-7,9-11,19H,3,8H2,1-2H3. The molecule has 0 aliphatic rings. The van der Waals surface area contributed by atoms with Crippen LogP contribution >= 0.6 is 43.6 Å². The fraction of sp³-hybridized carbons (Fsp3) is 0.312. The second-order valence-corrected chi connectivity index (χ2v) is 7.64. The van der Waals surface area contributed by atoms with Crippen molar-refractivity contribution in [3.63, 3.8) is 0 Å². The highest BCUT2D eigenvalue weighted by molar-refractivity contribution is 9.10. The van der Waals surface area contributed by atoms with Gasteiger partial charge in [-0.05, 0) is 65.6 Å². The van der Waals surface area contributed by atoms with Gasteiger partial charge < -0.3 is 5.32 Å². The molecular formula is C16H18Br2N2S. The van der Waals surface area contributed by atoms with Crippen molar-refractivity contribution in [1.82, 2.24) is 10.3 Å². The van der Waals surface area contributed by atoms with Crippen LogP contribution < -0.4 is 5.32 Å². The van der Waals surface area contributed by atoms with Crippen molar-refractivity contribution < 1.29 is 0 Å². The summed E-state index contributed by atoms with van der Waals surface area (Å²) in [6.45, 7) is 5.41. The highest BCUT2D eigenvalue weighted by Crippen LogP contribution is 2.32. The molecule has 1 aromatic heterocycles. The van der Waals surface area contributed by atoms with Gasteiger partial charge in [0.15, 0.2) is 0 Å². The summed E-state index contributed by atoms with van der Waals surface area (Å²) in [6, 6.07) is 10.9. The quantitative estimate of drug-likeness (QED) is 0.626. The average molecular weight is 430 g/mol. The summed E-state index contributed by atoms with van der Waals surface area (Å²) in [7, 11) is 0. The maximum Gasteiger partial charge on any atom is 0.101 e. The molecule has 2 rings (SSSR count). The zero-order chi connectivity index (χ0) is 15.2. The van der Waals surface area contributed by atoms with E-state index in [1.54, 1.807) is 11.8 Å². The maximum absolute atomic E-state index is 4.39. The monoisotopic (exact) mass is 428 g/mol. The molecule has 0 fully saturated rings. The van der Waals surface area contributed by atoms with Crippen molar-refractivity contribution in [1.29, 1.82) is 0 Å². The molecule has 2 aromatic rings. The third-order valence-corrected chi connectivity index (χ3v) is 5.16. The molecular weight excluding hydrogens is 412 g/mol. The molecule has 112 valence electrons. The molecule has 5 heteroatoms. The molecule has 0 bridgehead atoms. The fourth-order valence-electron chi connectivity index (χ4n) is 1.94. The Kier molecular flexibility index (Phi) is 6.74. The summed E-state index contributed by atoms with van der Waals surface area (Å²) < 4.78 is 2.14. The third kappa shape index (κ3) is 5.09. The van der Waals surface area contributed by atoms with Crippen molar-refractivity contribution in [2.45, 2.75) is 36.2 Å². The van der Waals surface area contributed by atoms with Gasteiger partial charge in [-0.1, -0.05) is 40.7 Å². The number of benzene rings is 1. The van der Waals surface area contributed by atoms with E-state index in [0.29, 0.717) is 6.04 Å². The number of hydrogen-bond donors (Lipinski definition) is 1. The summed E-state index contributed by atoms with van der Waals surface area (Å²) >= 11 is 8.75. The first-order valence-corrected chi connectivity index (χ1v) is 9.32. The molecule has 0 radical (unpaired) electrons. The van der Waals surface area contributed by atoms with Crippen LogP contribution in [0.25, 0.3) is 0 Å². The number of aromatic nitrogens is 1. The first kappa shape index (κ1) is 17.0. The van der Waals surface area contributed by atoms with Crippen LogP contribution in [0.1, 0.15) is 31.9 Å². The van der Waals surface area contributed by atoms with Crippen LogP contribution in [-0.4, -0.2) is 11.5 Å². The van der Waals surface area contributed by atoms with E-state index in [4.69, 9.17) is 0 Å². The van der Waals surface area contributed by atoms with Gasteiger partial charge in [-0.25, -0.2) is 4.98 Å². The van der Waals surface area contributed by atoms with E-state index < -0.39 is 0 Å². The lowest BCUT2D eigenvalue weighted by Gasteiger charge is -2.16. The minimum atomic E-state index is 0.351. The van der Waals surface area contributed by atoms with Gasteiger partial charge in [0.1, 0.15) is 5.03 Å². The Labute approximate surface area is 147 Å². The van der Waals surface area contributed by atoms with Gasteiger partial charge in [0.25, 0.3) is 0 Å². The van der Waals surface area contributed by atoms with Gasteiger partial charge in [0.05, 0.1) is 0 Å². The van der Waals surface area contributed by atoms with E-state index in [9.17, 15) is 0 Å². The van der Waals surface area contributed by atoms with Gasteiger partial charge in [0, 0.05) is 26.1 Å². The van der Waals surface area contributed by atoms with Crippen LogP contribution in [-0.2, 0) is 0 Å². The van der Waals surface area contributed by atoms with Crippen LogP contribution in [0.2, 0.25) is 0 Å². The molecule has 0 aliphatic carbocycles. The van der Waals surface area contributed by atoms with E-state index in [2.05, 4.69) is 74.2 Å². The summed E-state index contributed by atoms with van der Waals surface area (Å²) in [5, 5.41) is 4.51. The van der Waals surface area contributed by atoms with Crippen LogP contribution in [0, 0.1) is 0 Å². The Hall–Kier alpha value is -0.360. The normalized spacial score (nSPS) is 12.4. The summed E-state index contributed by atoms with van der Waals surface area (Å²) in [5.74, 6) is 0. The zero-order valence-electron chi connectivity index (χ0n) is 12.1. The topological polar surface area (TPSA) is 24.9 Å². The Balaban J connectivity index is 2.09. The van der Waals surface area contributed by atoms with E-state index in [-0.39, 0.29) is 0 Å². The predicted molar refractivity (Wildman–Crippen MR) is 96.9 cm³/mol. The van der Waals surface area contributed by atoms with Gasteiger partial charge in [-0.15, -0.1) is 0 Å². The summed E-state index contributed by atoms with van der Waals surface area (Å²) in [6.07, 6.45) is 2.97. The van der Waals surface area contributed by atoms with Gasteiger partial charge >= 0.3 is 0 Å². The van der Waals surface area contributed by atoms with Crippen LogP contribution in [0.3, 0.4) is 0 Å². The van der Waals surface area contributed by atoms with E-state index in [1.165, 1.54) is 10.5 Å². The number of nitrogens with one attached hydrogen (secondary N) is 1. The molecule has 1 atom stereocenters. The first-order chi connectivity index (χ1) is 10.1. The number of halogens is 2. The Morgan fingerprint density at radius 2 is 2.05 bits per heavy atom. The first-order valence-electron chi connectivity index (χ1n) is 6.92. The van der Waals surface area contributed by atoms with Crippen LogP contribution in [0.4, 0.5) is 0 Å². The fourth-order valence-corrected chi connectivity index (χ4v) is 3.84. The largest absolute Gasteiger partial charge is 0.310 e. The van der Waals surface area contributed by atoms with E-state index >= 15 is 0 Å². The minimum Gasteiger partial charge on any atom is -0.310 e. The zero-order valence-corrected chi connectivity index (χ0v) is 16.1. The van der Waals surface area contributed by atoms with Crippen molar-refractivity contribution >= 4 is 43.6 Å². The minimum absolute atomic E-state index is 0.351. The Bertz CT molecular complexity index is 587. The number of pyridine rings is 1. The average Bonchev–Trinajstić information content (AvgIpc) is 2.47. The smallest absolute Gasteiger partial charge is 0.101 e. The highest BCUT2D eigenvalue weighted by Gasteiger charge is 2.09. The lowest BCUT2D eigenvalue weighted by molar-refractivity contribution is 0.568. The molecule has 21 heavy (non-hydrogen) atoms. The van der Waals surface area contributed by atoms with Crippen molar-refractivity contribution in [3.05, 3.63) is 51.0 Å². The van der Waals surface area contributed by atoms with Crippen molar-refractivity contribution in [2.75, 3.05) is 6.54 Å². The Morgan fingerprint density at radius 1 is 1.24 bits per heavy atom. The van der Waals surface area contributed by atoms with Crippen LogP contribution in [0.5, 0.6) is 0 Å². The molecule has 0 saturated heterocycles. The van der Waals surface area contributed by atoms with Crippen molar-refractivity contribution in [2.24, 2.45) is 0 Å². The predicted octanol–water partition coefficient (Wildman–Crippen LogP) is 5.82. The number of rotatable bonds is 6. The molecule has 1 unspecified atom stereocenters. The summed E-state index contributed by atoms with van der Waals surface area (Å²) in [5.41, 5.74) is 1.29. The van der Waals surface area contributed by atoms with Gasteiger partial charge in [-0.2, -0.15) is 0 Å². The van der Waals surface area contributed by atoms with E-state index in [0.717, 1.165) is 26.9 Å². The van der Waals surface area contributed by atoms with Crippen molar-refractivity contribution in [3.8, 4) is 0 Å².